The van der Waals surface area contributed by atoms with Crippen LogP contribution in [0.4, 0.5) is 0 Å². The van der Waals surface area contributed by atoms with Crippen LogP contribution in [0.2, 0.25) is 0 Å². The molecule has 7 heteroatoms. The summed E-state index contributed by atoms with van der Waals surface area (Å²) in [6.07, 6.45) is 12.0. The first-order valence-corrected chi connectivity index (χ1v) is 8.25. The third kappa shape index (κ3) is 2.77. The van der Waals surface area contributed by atoms with Crippen LogP contribution in [0.5, 0.6) is 0 Å². The van der Waals surface area contributed by atoms with Crippen molar-refractivity contribution in [3.8, 4) is 11.5 Å². The summed E-state index contributed by atoms with van der Waals surface area (Å²) in [7, 11) is 1.92. The first-order chi connectivity index (χ1) is 12.3. The van der Waals surface area contributed by atoms with Crippen molar-refractivity contribution in [3.63, 3.8) is 0 Å². The SMILES string of the molecule is Cn1ccnc1-c1nccnc1C1CCCN1C(=O)c1cccnc1. The predicted molar refractivity (Wildman–Crippen MR) is 91.5 cm³/mol. The largest absolute Gasteiger partial charge is 0.333 e. The third-order valence-electron chi connectivity index (χ3n) is 4.50. The van der Waals surface area contributed by atoms with Crippen LogP contribution in [-0.2, 0) is 7.05 Å². The molecule has 1 atom stereocenters. The number of aryl methyl sites for hydroxylation is 1. The average Bonchev–Trinajstić information content (AvgIpc) is 3.31. The third-order valence-corrected chi connectivity index (χ3v) is 4.50. The number of nitrogens with zero attached hydrogens (tertiary/aromatic N) is 6. The molecule has 0 N–H and O–H groups in total. The van der Waals surface area contributed by atoms with E-state index in [9.17, 15) is 4.79 Å². The van der Waals surface area contributed by atoms with Gasteiger partial charge < -0.3 is 9.47 Å². The molecule has 0 radical (unpaired) electrons. The molecule has 3 aromatic heterocycles. The van der Waals surface area contributed by atoms with Crippen molar-refractivity contribution >= 4 is 5.91 Å². The van der Waals surface area contributed by atoms with Gasteiger partial charge >= 0.3 is 0 Å². The number of amides is 1. The topological polar surface area (TPSA) is 76.8 Å². The van der Waals surface area contributed by atoms with Crippen molar-refractivity contribution in [3.05, 3.63) is 60.6 Å². The minimum absolute atomic E-state index is 0.0213. The molecular formula is C18H18N6O. The molecule has 1 aliphatic rings. The molecule has 25 heavy (non-hydrogen) atoms. The van der Waals surface area contributed by atoms with Gasteiger partial charge in [0.2, 0.25) is 0 Å². The number of aromatic nitrogens is 5. The standard InChI is InChI=1S/C18H18N6O/c1-23-11-9-22-17(23)16-15(20-7-8-21-16)14-5-3-10-24(14)18(25)13-4-2-6-19-12-13/h2,4,6-9,11-12,14H,3,5,10H2,1H3. The lowest BCUT2D eigenvalue weighted by atomic mass is 10.1. The van der Waals surface area contributed by atoms with E-state index in [0.29, 0.717) is 12.1 Å². The number of hydrogen-bond acceptors (Lipinski definition) is 5. The number of rotatable bonds is 3. The van der Waals surface area contributed by atoms with E-state index in [1.54, 1.807) is 43.1 Å². The highest BCUT2D eigenvalue weighted by molar-refractivity contribution is 5.94. The lowest BCUT2D eigenvalue weighted by Crippen LogP contribution is -2.31. The summed E-state index contributed by atoms with van der Waals surface area (Å²) in [4.78, 5) is 32.3. The zero-order chi connectivity index (χ0) is 17.2. The molecule has 0 spiro atoms. The minimum atomic E-state index is -0.104. The Morgan fingerprint density at radius 1 is 1.16 bits per heavy atom. The van der Waals surface area contributed by atoms with Crippen molar-refractivity contribution in [2.45, 2.75) is 18.9 Å². The molecule has 7 nitrogen and oxygen atoms in total. The van der Waals surface area contributed by atoms with E-state index >= 15 is 0 Å². The first-order valence-electron chi connectivity index (χ1n) is 8.25. The summed E-state index contributed by atoms with van der Waals surface area (Å²) in [5.41, 5.74) is 2.12. The van der Waals surface area contributed by atoms with Crippen molar-refractivity contribution in [1.29, 1.82) is 0 Å². The van der Waals surface area contributed by atoms with E-state index in [2.05, 4.69) is 19.9 Å². The first kappa shape index (κ1) is 15.4. The van der Waals surface area contributed by atoms with Crippen LogP contribution in [0.3, 0.4) is 0 Å². The van der Waals surface area contributed by atoms with Gasteiger partial charge in [0.1, 0.15) is 5.69 Å². The van der Waals surface area contributed by atoms with E-state index in [1.165, 1.54) is 0 Å². The predicted octanol–water partition coefficient (Wildman–Crippen LogP) is 2.25. The average molecular weight is 334 g/mol. The van der Waals surface area contributed by atoms with E-state index < -0.39 is 0 Å². The smallest absolute Gasteiger partial charge is 0.255 e. The van der Waals surface area contributed by atoms with Gasteiger partial charge in [-0.3, -0.25) is 14.8 Å². The summed E-state index contributed by atoms with van der Waals surface area (Å²) >= 11 is 0. The minimum Gasteiger partial charge on any atom is -0.333 e. The number of pyridine rings is 1. The van der Waals surface area contributed by atoms with Crippen LogP contribution in [-0.4, -0.2) is 41.9 Å². The molecule has 1 amide bonds. The van der Waals surface area contributed by atoms with Gasteiger partial charge in [-0.05, 0) is 25.0 Å². The molecule has 4 heterocycles. The highest BCUT2D eigenvalue weighted by Crippen LogP contribution is 2.35. The second kappa shape index (κ2) is 6.43. The molecule has 1 saturated heterocycles. The van der Waals surface area contributed by atoms with Gasteiger partial charge in [0.15, 0.2) is 5.82 Å². The Morgan fingerprint density at radius 2 is 2.04 bits per heavy atom. The molecule has 0 bridgehead atoms. The molecule has 126 valence electrons. The quantitative estimate of drug-likeness (QED) is 0.734. The summed E-state index contributed by atoms with van der Waals surface area (Å²) in [5, 5.41) is 0. The zero-order valence-corrected chi connectivity index (χ0v) is 13.9. The zero-order valence-electron chi connectivity index (χ0n) is 13.9. The Hall–Kier alpha value is -3.09. The second-order valence-corrected chi connectivity index (χ2v) is 6.05. The van der Waals surface area contributed by atoms with Crippen LogP contribution in [0.1, 0.15) is 34.9 Å². The molecule has 1 unspecified atom stereocenters. The summed E-state index contributed by atoms with van der Waals surface area (Å²) in [6.45, 7) is 0.703. The van der Waals surface area contributed by atoms with Gasteiger partial charge in [0, 0.05) is 50.8 Å². The maximum Gasteiger partial charge on any atom is 0.255 e. The lowest BCUT2D eigenvalue weighted by molar-refractivity contribution is 0.0732. The van der Waals surface area contributed by atoms with Crippen molar-refractivity contribution in [2.24, 2.45) is 7.05 Å². The fourth-order valence-electron chi connectivity index (χ4n) is 3.31. The number of carbonyl (C=O) groups excluding carboxylic acids is 1. The van der Waals surface area contributed by atoms with Gasteiger partial charge in [0.25, 0.3) is 5.91 Å². The van der Waals surface area contributed by atoms with Gasteiger partial charge in [-0.25, -0.2) is 9.97 Å². The molecule has 4 rings (SSSR count). The number of hydrogen-bond donors (Lipinski definition) is 0. The second-order valence-electron chi connectivity index (χ2n) is 6.05. The highest BCUT2D eigenvalue weighted by Gasteiger charge is 2.34. The fraction of sp³-hybridized carbons (Fsp3) is 0.278. The Balaban J connectivity index is 1.72. The Morgan fingerprint density at radius 3 is 2.80 bits per heavy atom. The van der Waals surface area contributed by atoms with Crippen LogP contribution in [0.25, 0.3) is 11.5 Å². The summed E-state index contributed by atoms with van der Waals surface area (Å²) in [6, 6.07) is 3.47. The Kier molecular flexibility index (Phi) is 3.97. The van der Waals surface area contributed by atoms with E-state index in [1.807, 2.05) is 22.7 Å². The van der Waals surface area contributed by atoms with Crippen LogP contribution >= 0.6 is 0 Å². The molecule has 3 aromatic rings. The maximum atomic E-state index is 12.9. The monoisotopic (exact) mass is 334 g/mol. The normalized spacial score (nSPS) is 17.0. The Labute approximate surface area is 145 Å². The van der Waals surface area contributed by atoms with E-state index in [4.69, 9.17) is 0 Å². The molecule has 0 aromatic carbocycles. The van der Waals surface area contributed by atoms with Crippen LogP contribution in [0, 0.1) is 0 Å². The summed E-state index contributed by atoms with van der Waals surface area (Å²) in [5.74, 6) is 0.732. The van der Waals surface area contributed by atoms with E-state index in [-0.39, 0.29) is 11.9 Å². The Bertz CT molecular complexity index is 891. The van der Waals surface area contributed by atoms with Gasteiger partial charge in [-0.15, -0.1) is 0 Å². The van der Waals surface area contributed by atoms with Gasteiger partial charge in [0.05, 0.1) is 17.3 Å². The van der Waals surface area contributed by atoms with Gasteiger partial charge in [-0.1, -0.05) is 0 Å². The molecule has 0 saturated carbocycles. The van der Waals surface area contributed by atoms with Crippen LogP contribution in [0.15, 0.2) is 49.3 Å². The lowest BCUT2D eigenvalue weighted by Gasteiger charge is -2.25. The van der Waals surface area contributed by atoms with E-state index in [0.717, 1.165) is 30.1 Å². The summed E-state index contributed by atoms with van der Waals surface area (Å²) < 4.78 is 1.91. The van der Waals surface area contributed by atoms with Crippen molar-refractivity contribution in [2.75, 3.05) is 6.54 Å². The van der Waals surface area contributed by atoms with Crippen LogP contribution < -0.4 is 0 Å². The molecule has 1 aliphatic heterocycles. The highest BCUT2D eigenvalue weighted by atomic mass is 16.2. The molecule has 0 aliphatic carbocycles. The number of likely N-dealkylation sites (tertiary alicyclic amines) is 1. The number of carbonyl (C=O) groups is 1. The fourth-order valence-corrected chi connectivity index (χ4v) is 3.31. The number of imidazole rings is 1. The van der Waals surface area contributed by atoms with Gasteiger partial charge in [-0.2, -0.15) is 0 Å². The van der Waals surface area contributed by atoms with Crippen molar-refractivity contribution in [1.82, 2.24) is 29.4 Å². The molecule has 1 fully saturated rings. The van der Waals surface area contributed by atoms with Crippen molar-refractivity contribution < 1.29 is 4.79 Å². The maximum absolute atomic E-state index is 12.9. The molecular weight excluding hydrogens is 316 g/mol.